The molecule has 4 heteroatoms. The van der Waals surface area contributed by atoms with Gasteiger partial charge >= 0.3 is 0 Å². The second kappa shape index (κ2) is 5.05. The van der Waals surface area contributed by atoms with Crippen molar-refractivity contribution in [1.82, 2.24) is 0 Å². The number of nitrogens with zero attached hydrogens (tertiary/aromatic N) is 1. The van der Waals surface area contributed by atoms with Crippen molar-refractivity contribution in [3.05, 3.63) is 23.2 Å². The van der Waals surface area contributed by atoms with E-state index in [0.717, 1.165) is 5.69 Å². The highest BCUT2D eigenvalue weighted by Gasteiger charge is 2.05. The van der Waals surface area contributed by atoms with E-state index in [9.17, 15) is 4.39 Å². The van der Waals surface area contributed by atoms with Crippen LogP contribution in [0.15, 0.2) is 18.2 Å². The minimum absolute atomic E-state index is 0.315. The molecule has 14 heavy (non-hydrogen) atoms. The molecule has 0 radical (unpaired) electrons. The Kier molecular flexibility index (Phi) is 4.01. The third-order valence-corrected chi connectivity index (χ3v) is 2.27. The topological polar surface area (TPSA) is 29.3 Å². The molecular formula is C10H14ClFN2. The summed E-state index contributed by atoms with van der Waals surface area (Å²) in [5.41, 5.74) is 7.28. The van der Waals surface area contributed by atoms with Crippen LogP contribution in [0.1, 0.15) is 6.42 Å². The summed E-state index contributed by atoms with van der Waals surface area (Å²) in [4.78, 5) is 1.90. The molecule has 0 atom stereocenters. The number of nitrogens with two attached hydrogens (primary N) is 1. The van der Waals surface area contributed by atoms with Crippen LogP contribution >= 0.6 is 11.6 Å². The van der Waals surface area contributed by atoms with Crippen LogP contribution in [0.2, 0.25) is 5.02 Å². The summed E-state index contributed by atoms with van der Waals surface area (Å²) in [6, 6.07) is 5.28. The Labute approximate surface area is 88.5 Å². The van der Waals surface area contributed by atoms with Gasteiger partial charge in [-0.15, -0.1) is 0 Å². The molecule has 0 saturated heterocycles. The van der Waals surface area contributed by atoms with Crippen LogP contribution < -0.4 is 10.6 Å². The number of hydrogen-bond donors (Lipinski definition) is 1. The quantitative estimate of drug-likeness (QED) is 0.785. The molecule has 0 aromatic heterocycles. The molecule has 1 aromatic carbocycles. The summed E-state index contributed by atoms with van der Waals surface area (Å²) in [7, 11) is 1.87. The first kappa shape index (κ1) is 11.1. The number of benzene rings is 1. The number of alkyl halides is 1. The van der Waals surface area contributed by atoms with Crippen LogP contribution in [-0.4, -0.2) is 20.3 Å². The molecule has 0 aliphatic carbocycles. The lowest BCUT2D eigenvalue weighted by Gasteiger charge is -2.20. The molecule has 0 spiro atoms. The van der Waals surface area contributed by atoms with Crippen LogP contribution in [0.3, 0.4) is 0 Å². The van der Waals surface area contributed by atoms with Gasteiger partial charge in [0.1, 0.15) is 0 Å². The van der Waals surface area contributed by atoms with Crippen LogP contribution in [-0.2, 0) is 0 Å². The van der Waals surface area contributed by atoms with Crippen molar-refractivity contribution in [3.8, 4) is 0 Å². The van der Waals surface area contributed by atoms with E-state index >= 15 is 0 Å². The highest BCUT2D eigenvalue weighted by molar-refractivity contribution is 6.31. The fourth-order valence-corrected chi connectivity index (χ4v) is 1.43. The van der Waals surface area contributed by atoms with Gasteiger partial charge in [0, 0.05) is 18.6 Å². The van der Waals surface area contributed by atoms with Gasteiger partial charge in [0.25, 0.3) is 0 Å². The van der Waals surface area contributed by atoms with Gasteiger partial charge < -0.3 is 10.6 Å². The molecule has 1 rings (SSSR count). The Balaban J connectivity index is 2.77. The molecule has 0 aliphatic rings. The number of anilines is 2. The number of halogens is 2. The van der Waals surface area contributed by atoms with Gasteiger partial charge in [-0.2, -0.15) is 0 Å². The van der Waals surface area contributed by atoms with E-state index in [-0.39, 0.29) is 6.67 Å². The average molecular weight is 217 g/mol. The van der Waals surface area contributed by atoms with E-state index < -0.39 is 0 Å². The predicted octanol–water partition coefficient (Wildman–Crippen LogP) is 2.72. The zero-order valence-corrected chi connectivity index (χ0v) is 8.89. The largest absolute Gasteiger partial charge is 0.397 e. The third kappa shape index (κ3) is 2.77. The smallest absolute Gasteiger partial charge is 0.0911 e. The standard InChI is InChI=1S/C10H14ClFN2/c1-14(6-2-5-12)10-7-8(11)3-4-9(10)13/h3-4,7H,2,5-6,13H2,1H3. The van der Waals surface area contributed by atoms with Gasteiger partial charge in [-0.05, 0) is 24.6 Å². The molecule has 0 saturated carbocycles. The summed E-state index contributed by atoms with van der Waals surface area (Å²) < 4.78 is 12.0. The monoisotopic (exact) mass is 216 g/mol. The Morgan fingerprint density at radius 3 is 2.86 bits per heavy atom. The second-order valence-corrected chi connectivity index (χ2v) is 3.60. The SMILES string of the molecule is CN(CCCF)c1cc(Cl)ccc1N. The highest BCUT2D eigenvalue weighted by Crippen LogP contribution is 2.25. The van der Waals surface area contributed by atoms with Crippen molar-refractivity contribution in [3.63, 3.8) is 0 Å². The Morgan fingerprint density at radius 2 is 2.21 bits per heavy atom. The zero-order chi connectivity index (χ0) is 10.6. The lowest BCUT2D eigenvalue weighted by Crippen LogP contribution is -2.20. The summed E-state index contributed by atoms with van der Waals surface area (Å²) >= 11 is 5.84. The molecule has 1 aromatic rings. The maximum Gasteiger partial charge on any atom is 0.0911 e. The molecule has 2 nitrogen and oxygen atoms in total. The van der Waals surface area contributed by atoms with Gasteiger partial charge in [-0.1, -0.05) is 11.6 Å². The minimum Gasteiger partial charge on any atom is -0.397 e. The van der Waals surface area contributed by atoms with E-state index in [1.165, 1.54) is 0 Å². The van der Waals surface area contributed by atoms with Gasteiger partial charge in [0.2, 0.25) is 0 Å². The zero-order valence-electron chi connectivity index (χ0n) is 8.13. The van der Waals surface area contributed by atoms with Gasteiger partial charge in [0.05, 0.1) is 18.0 Å². The average Bonchev–Trinajstić information content (AvgIpc) is 2.18. The second-order valence-electron chi connectivity index (χ2n) is 3.17. The number of nitrogen functional groups attached to an aromatic ring is 1. The Bertz CT molecular complexity index is 304. The molecule has 2 N–H and O–H groups in total. The summed E-state index contributed by atoms with van der Waals surface area (Å²) in [5, 5.41) is 0.640. The number of hydrogen-bond acceptors (Lipinski definition) is 2. The van der Waals surface area contributed by atoms with Crippen LogP contribution in [0, 0.1) is 0 Å². The van der Waals surface area contributed by atoms with Crippen molar-refractivity contribution in [2.24, 2.45) is 0 Å². The summed E-state index contributed by atoms with van der Waals surface area (Å²) in [6.45, 7) is 0.325. The first-order chi connectivity index (χ1) is 6.65. The van der Waals surface area contributed by atoms with Crippen molar-refractivity contribution < 1.29 is 4.39 Å². The fourth-order valence-electron chi connectivity index (χ4n) is 1.26. The van der Waals surface area contributed by atoms with Crippen molar-refractivity contribution in [2.75, 3.05) is 30.9 Å². The van der Waals surface area contributed by atoms with E-state index in [1.54, 1.807) is 18.2 Å². The van der Waals surface area contributed by atoms with Crippen molar-refractivity contribution in [1.29, 1.82) is 0 Å². The molecule has 0 amide bonds. The van der Waals surface area contributed by atoms with Crippen molar-refractivity contribution in [2.45, 2.75) is 6.42 Å². The van der Waals surface area contributed by atoms with E-state index in [0.29, 0.717) is 23.7 Å². The normalized spacial score (nSPS) is 10.2. The fraction of sp³-hybridized carbons (Fsp3) is 0.400. The Hall–Kier alpha value is -0.960. The summed E-state index contributed by atoms with van der Waals surface area (Å²) in [6.07, 6.45) is 0.502. The van der Waals surface area contributed by atoms with Crippen LogP contribution in [0.4, 0.5) is 15.8 Å². The molecule has 0 fully saturated rings. The minimum atomic E-state index is -0.315. The van der Waals surface area contributed by atoms with Crippen molar-refractivity contribution >= 4 is 23.0 Å². The molecular weight excluding hydrogens is 203 g/mol. The molecule has 0 unspecified atom stereocenters. The molecule has 0 bridgehead atoms. The molecule has 78 valence electrons. The van der Waals surface area contributed by atoms with Gasteiger partial charge in [-0.25, -0.2) is 0 Å². The van der Waals surface area contributed by atoms with Crippen LogP contribution in [0.25, 0.3) is 0 Å². The lowest BCUT2D eigenvalue weighted by atomic mass is 10.2. The summed E-state index contributed by atoms with van der Waals surface area (Å²) in [5.74, 6) is 0. The number of rotatable bonds is 4. The molecule has 0 heterocycles. The van der Waals surface area contributed by atoms with Gasteiger partial charge in [0.15, 0.2) is 0 Å². The van der Waals surface area contributed by atoms with E-state index in [1.807, 2.05) is 11.9 Å². The highest BCUT2D eigenvalue weighted by atomic mass is 35.5. The van der Waals surface area contributed by atoms with Crippen LogP contribution in [0.5, 0.6) is 0 Å². The molecule has 0 aliphatic heterocycles. The lowest BCUT2D eigenvalue weighted by molar-refractivity contribution is 0.474. The van der Waals surface area contributed by atoms with E-state index in [2.05, 4.69) is 0 Å². The maximum absolute atomic E-state index is 12.0. The van der Waals surface area contributed by atoms with E-state index in [4.69, 9.17) is 17.3 Å². The van der Waals surface area contributed by atoms with Gasteiger partial charge in [-0.3, -0.25) is 4.39 Å². The Morgan fingerprint density at radius 1 is 1.50 bits per heavy atom. The first-order valence-electron chi connectivity index (χ1n) is 4.47. The third-order valence-electron chi connectivity index (χ3n) is 2.03. The first-order valence-corrected chi connectivity index (χ1v) is 4.85. The predicted molar refractivity (Wildman–Crippen MR) is 59.7 cm³/mol. The maximum atomic E-state index is 12.0.